The number of rotatable bonds is 1. The van der Waals surface area contributed by atoms with E-state index < -0.39 is 5.91 Å². The van der Waals surface area contributed by atoms with Crippen molar-refractivity contribution in [1.82, 2.24) is 10.9 Å². The van der Waals surface area contributed by atoms with Crippen molar-refractivity contribution < 1.29 is 9.90 Å². The van der Waals surface area contributed by atoms with Gasteiger partial charge in [0.05, 0.1) is 5.56 Å². The van der Waals surface area contributed by atoms with Crippen molar-refractivity contribution in [2.75, 3.05) is 0 Å². The smallest absolute Gasteiger partial charge is 0.273 e. The molecule has 6 heteroatoms. The Morgan fingerprint density at radius 2 is 1.89 bits per heavy atom. The van der Waals surface area contributed by atoms with Gasteiger partial charge in [-0.1, -0.05) is 30.3 Å². The molecule has 0 aliphatic carbocycles. The Bertz CT molecular complexity index is 628. The average Bonchev–Trinajstić information content (AvgIpc) is 2.37. The number of amides is 1. The van der Waals surface area contributed by atoms with Crippen molar-refractivity contribution in [1.29, 1.82) is 0 Å². The molecule has 0 bridgehead atoms. The molecule has 0 aliphatic rings. The van der Waals surface area contributed by atoms with Gasteiger partial charge in [-0.3, -0.25) is 15.6 Å². The van der Waals surface area contributed by atoms with Gasteiger partial charge in [-0.25, -0.2) is 0 Å². The Kier molecular flexibility index (Phi) is 3.29. The fourth-order valence-electron chi connectivity index (χ4n) is 1.62. The molecule has 0 saturated carbocycles. The highest BCUT2D eigenvalue weighted by Crippen LogP contribution is 2.28. The Morgan fingerprint density at radius 1 is 1.17 bits per heavy atom. The number of phenols is 1. The number of benzene rings is 2. The third kappa shape index (κ3) is 2.33. The molecule has 0 heterocycles. The van der Waals surface area contributed by atoms with Gasteiger partial charge in [0.1, 0.15) is 5.75 Å². The summed E-state index contributed by atoms with van der Waals surface area (Å²) in [6.45, 7) is 0. The molecular weight excluding hydrogens is 250 g/mol. The van der Waals surface area contributed by atoms with Crippen LogP contribution in [-0.2, 0) is 0 Å². The van der Waals surface area contributed by atoms with Crippen molar-refractivity contribution in [2.45, 2.75) is 0 Å². The summed E-state index contributed by atoms with van der Waals surface area (Å²) in [4.78, 5) is 11.8. The number of fused-ring (bicyclic) bond motifs is 1. The van der Waals surface area contributed by atoms with E-state index in [1.54, 1.807) is 18.2 Å². The first-order chi connectivity index (χ1) is 8.59. The second-order valence-corrected chi connectivity index (χ2v) is 4.07. The SMILES string of the molecule is NC(=S)NNC(=O)c1ccc2ccccc2c1O. The predicted molar refractivity (Wildman–Crippen MR) is 73.0 cm³/mol. The van der Waals surface area contributed by atoms with E-state index in [2.05, 4.69) is 23.1 Å². The van der Waals surface area contributed by atoms with E-state index in [1.807, 2.05) is 12.1 Å². The van der Waals surface area contributed by atoms with Gasteiger partial charge in [0, 0.05) is 5.39 Å². The first kappa shape index (κ1) is 12.1. The summed E-state index contributed by atoms with van der Waals surface area (Å²) in [5.74, 6) is -0.582. The molecule has 2 aromatic carbocycles. The number of nitrogens with one attached hydrogen (secondary N) is 2. The first-order valence-corrected chi connectivity index (χ1v) is 5.57. The summed E-state index contributed by atoms with van der Waals surface area (Å²) in [7, 11) is 0. The molecule has 5 N–H and O–H groups in total. The van der Waals surface area contributed by atoms with Gasteiger partial charge < -0.3 is 10.8 Å². The standard InChI is InChI=1S/C12H11N3O2S/c13-12(18)15-14-11(17)9-6-5-7-3-1-2-4-8(7)10(9)16/h1-6,16H,(H,14,17)(H3,13,15,18). The Morgan fingerprint density at radius 3 is 2.61 bits per heavy atom. The number of nitrogens with two attached hydrogens (primary N) is 1. The Hall–Kier alpha value is -2.34. The number of hydrogen-bond acceptors (Lipinski definition) is 3. The lowest BCUT2D eigenvalue weighted by atomic mass is 10.1. The number of hydrogen-bond donors (Lipinski definition) is 4. The Balaban J connectivity index is 2.37. The summed E-state index contributed by atoms with van der Waals surface area (Å²) in [5.41, 5.74) is 9.95. The van der Waals surface area contributed by atoms with E-state index in [0.717, 1.165) is 5.39 Å². The van der Waals surface area contributed by atoms with Crippen molar-refractivity contribution in [3.63, 3.8) is 0 Å². The maximum absolute atomic E-state index is 11.8. The molecule has 0 atom stereocenters. The first-order valence-electron chi connectivity index (χ1n) is 5.16. The minimum absolute atomic E-state index is 0.0522. The number of aromatic hydroxyl groups is 1. The highest BCUT2D eigenvalue weighted by Gasteiger charge is 2.13. The normalized spacial score (nSPS) is 10.0. The summed E-state index contributed by atoms with van der Waals surface area (Å²) >= 11 is 4.56. The van der Waals surface area contributed by atoms with Crippen molar-refractivity contribution in [3.8, 4) is 5.75 Å². The van der Waals surface area contributed by atoms with Gasteiger partial charge >= 0.3 is 0 Å². The molecule has 2 rings (SSSR count). The van der Waals surface area contributed by atoms with Gasteiger partial charge in [0.2, 0.25) is 0 Å². The lowest BCUT2D eigenvalue weighted by Crippen LogP contribution is -2.44. The van der Waals surface area contributed by atoms with E-state index in [9.17, 15) is 9.90 Å². The second kappa shape index (κ2) is 4.89. The maximum Gasteiger partial charge on any atom is 0.273 e. The van der Waals surface area contributed by atoms with Crippen LogP contribution in [0.3, 0.4) is 0 Å². The second-order valence-electron chi connectivity index (χ2n) is 3.63. The van der Waals surface area contributed by atoms with E-state index in [1.165, 1.54) is 6.07 Å². The summed E-state index contributed by atoms with van der Waals surface area (Å²) in [6, 6.07) is 10.5. The van der Waals surface area contributed by atoms with Crippen LogP contribution in [0.4, 0.5) is 0 Å². The van der Waals surface area contributed by atoms with Crippen LogP contribution in [0.2, 0.25) is 0 Å². The van der Waals surface area contributed by atoms with Crippen LogP contribution in [0.15, 0.2) is 36.4 Å². The molecule has 0 aliphatic heterocycles. The van der Waals surface area contributed by atoms with Crippen LogP contribution in [0.1, 0.15) is 10.4 Å². The molecule has 2 aromatic rings. The minimum atomic E-state index is -0.508. The minimum Gasteiger partial charge on any atom is -0.506 e. The third-order valence-electron chi connectivity index (χ3n) is 2.44. The summed E-state index contributed by atoms with van der Waals surface area (Å²) in [5, 5.41) is 11.4. The van der Waals surface area contributed by atoms with Crippen LogP contribution in [-0.4, -0.2) is 16.1 Å². The highest BCUT2D eigenvalue weighted by atomic mass is 32.1. The van der Waals surface area contributed by atoms with Gasteiger partial charge in [-0.2, -0.15) is 0 Å². The van der Waals surface area contributed by atoms with Crippen LogP contribution in [0, 0.1) is 0 Å². The topological polar surface area (TPSA) is 87.4 Å². The zero-order chi connectivity index (χ0) is 13.1. The molecule has 5 nitrogen and oxygen atoms in total. The van der Waals surface area contributed by atoms with Crippen LogP contribution < -0.4 is 16.6 Å². The lowest BCUT2D eigenvalue weighted by Gasteiger charge is -2.09. The molecular formula is C12H11N3O2S. The number of hydrazine groups is 1. The molecule has 1 amide bonds. The van der Waals surface area contributed by atoms with Gasteiger partial charge in [0.15, 0.2) is 5.11 Å². The summed E-state index contributed by atoms with van der Waals surface area (Å²) in [6.07, 6.45) is 0. The predicted octanol–water partition coefficient (Wildman–Crippen LogP) is 1.02. The van der Waals surface area contributed by atoms with Crippen molar-refractivity contribution in [3.05, 3.63) is 42.0 Å². The molecule has 0 saturated heterocycles. The molecule has 0 radical (unpaired) electrons. The molecule has 0 spiro atoms. The molecule has 92 valence electrons. The van der Waals surface area contributed by atoms with Crippen LogP contribution in [0.25, 0.3) is 10.8 Å². The van der Waals surface area contributed by atoms with E-state index >= 15 is 0 Å². The molecule has 0 aromatic heterocycles. The van der Waals surface area contributed by atoms with Crippen molar-refractivity contribution in [2.24, 2.45) is 5.73 Å². The quantitative estimate of drug-likeness (QED) is 0.455. The highest BCUT2D eigenvalue weighted by molar-refractivity contribution is 7.80. The third-order valence-corrected chi connectivity index (χ3v) is 2.55. The number of carbonyl (C=O) groups excluding carboxylic acids is 1. The maximum atomic E-state index is 11.8. The number of phenolic OH excluding ortho intramolecular Hbond substituents is 1. The van der Waals surface area contributed by atoms with Gasteiger partial charge in [-0.05, 0) is 23.7 Å². The summed E-state index contributed by atoms with van der Waals surface area (Å²) < 4.78 is 0. The fraction of sp³-hybridized carbons (Fsp3) is 0. The largest absolute Gasteiger partial charge is 0.506 e. The number of thiocarbonyl (C=S) groups is 1. The Labute approximate surface area is 109 Å². The zero-order valence-corrected chi connectivity index (χ0v) is 10.1. The van der Waals surface area contributed by atoms with Crippen molar-refractivity contribution >= 4 is 34.0 Å². The fourth-order valence-corrected chi connectivity index (χ4v) is 1.68. The monoisotopic (exact) mass is 261 g/mol. The van der Waals surface area contributed by atoms with E-state index in [0.29, 0.717) is 5.39 Å². The zero-order valence-electron chi connectivity index (χ0n) is 9.31. The van der Waals surface area contributed by atoms with E-state index in [4.69, 9.17) is 5.73 Å². The molecule has 0 unspecified atom stereocenters. The molecule has 18 heavy (non-hydrogen) atoms. The van der Waals surface area contributed by atoms with Gasteiger partial charge in [-0.15, -0.1) is 0 Å². The number of carbonyl (C=O) groups is 1. The van der Waals surface area contributed by atoms with Crippen LogP contribution >= 0.6 is 12.2 Å². The lowest BCUT2D eigenvalue weighted by molar-refractivity contribution is 0.0941. The molecule has 0 fully saturated rings. The van der Waals surface area contributed by atoms with E-state index in [-0.39, 0.29) is 16.4 Å². The van der Waals surface area contributed by atoms with Crippen LogP contribution in [0.5, 0.6) is 5.75 Å². The van der Waals surface area contributed by atoms with Gasteiger partial charge in [0.25, 0.3) is 5.91 Å². The average molecular weight is 261 g/mol.